The van der Waals surface area contributed by atoms with E-state index in [0.717, 1.165) is 17.5 Å². The lowest BCUT2D eigenvalue weighted by molar-refractivity contribution is -0.144. The Kier molecular flexibility index (Phi) is 6.34. The summed E-state index contributed by atoms with van der Waals surface area (Å²) in [6, 6.07) is 13.4. The number of carbonyl (C=O) groups is 2. The van der Waals surface area contributed by atoms with Crippen LogP contribution in [-0.2, 0) is 22.3 Å². The van der Waals surface area contributed by atoms with Crippen LogP contribution in [0.25, 0.3) is 10.8 Å². The second-order valence-electron chi connectivity index (χ2n) is 6.54. The Morgan fingerprint density at radius 1 is 1.03 bits per heavy atom. The maximum atomic E-state index is 13.2. The molecule has 0 unspecified atom stereocenters. The largest absolute Gasteiger partial charge is 0.465 e. The topological polar surface area (TPSA) is 59.5 Å². The zero-order chi connectivity index (χ0) is 21.7. The van der Waals surface area contributed by atoms with E-state index in [9.17, 15) is 22.8 Å². The van der Waals surface area contributed by atoms with Gasteiger partial charge in [0.15, 0.2) is 0 Å². The summed E-state index contributed by atoms with van der Waals surface area (Å²) < 4.78 is 43.4. The van der Waals surface area contributed by atoms with E-state index in [0.29, 0.717) is 10.9 Å². The molecule has 1 amide bonds. The molecular formula is C22H19F3N2O3. The summed E-state index contributed by atoms with van der Waals surface area (Å²) in [4.78, 5) is 30.6. The first-order chi connectivity index (χ1) is 14.3. The van der Waals surface area contributed by atoms with Crippen LogP contribution in [0.1, 0.15) is 28.5 Å². The summed E-state index contributed by atoms with van der Waals surface area (Å²) in [6.45, 7) is 1.37. The molecule has 0 aliphatic carbocycles. The molecule has 2 aromatic carbocycles. The third kappa shape index (κ3) is 4.94. The average Bonchev–Trinajstić information content (AvgIpc) is 2.72. The van der Waals surface area contributed by atoms with E-state index in [1.54, 1.807) is 25.1 Å². The minimum Gasteiger partial charge on any atom is -0.465 e. The smallest absolute Gasteiger partial charge is 0.416 e. The van der Waals surface area contributed by atoms with Gasteiger partial charge < -0.3 is 9.64 Å². The summed E-state index contributed by atoms with van der Waals surface area (Å²) >= 11 is 0. The van der Waals surface area contributed by atoms with Crippen molar-refractivity contribution in [3.8, 4) is 0 Å². The van der Waals surface area contributed by atoms with Crippen LogP contribution in [-0.4, -0.2) is 34.9 Å². The standard InChI is InChI=1S/C22H19F3N2O3/c1-2-30-19(28)14-27(13-15-7-9-17(10-8-15)22(23,24)25)21(29)20-18-6-4-3-5-16(18)11-12-26-20/h3-12H,2,13-14H2,1H3. The quantitative estimate of drug-likeness (QED) is 0.557. The van der Waals surface area contributed by atoms with Crippen molar-refractivity contribution in [1.82, 2.24) is 9.88 Å². The number of ether oxygens (including phenoxy) is 1. The van der Waals surface area contributed by atoms with Crippen molar-refractivity contribution in [2.24, 2.45) is 0 Å². The molecule has 156 valence electrons. The lowest BCUT2D eigenvalue weighted by atomic mass is 10.1. The SMILES string of the molecule is CCOC(=O)CN(Cc1ccc(C(F)(F)F)cc1)C(=O)c1nccc2ccccc12. The number of benzene rings is 2. The second kappa shape index (κ2) is 8.94. The van der Waals surface area contributed by atoms with Crippen molar-refractivity contribution in [1.29, 1.82) is 0 Å². The van der Waals surface area contributed by atoms with Crippen LogP contribution in [0.15, 0.2) is 60.8 Å². The molecule has 5 nitrogen and oxygen atoms in total. The third-order valence-corrected chi connectivity index (χ3v) is 4.44. The molecule has 0 bridgehead atoms. The van der Waals surface area contributed by atoms with Crippen LogP contribution < -0.4 is 0 Å². The van der Waals surface area contributed by atoms with Gasteiger partial charge in [-0.05, 0) is 36.1 Å². The number of pyridine rings is 1. The molecule has 0 spiro atoms. The molecule has 0 radical (unpaired) electrons. The molecule has 3 rings (SSSR count). The number of amides is 1. The maximum Gasteiger partial charge on any atom is 0.416 e. The number of fused-ring (bicyclic) bond motifs is 1. The van der Waals surface area contributed by atoms with E-state index in [-0.39, 0.29) is 25.4 Å². The summed E-state index contributed by atoms with van der Waals surface area (Å²) in [5.41, 5.74) is -0.185. The number of hydrogen-bond acceptors (Lipinski definition) is 4. The minimum absolute atomic E-state index is 0.0688. The highest BCUT2D eigenvalue weighted by molar-refractivity contribution is 6.05. The van der Waals surface area contributed by atoms with Gasteiger partial charge in [-0.1, -0.05) is 36.4 Å². The molecule has 0 N–H and O–H groups in total. The Morgan fingerprint density at radius 3 is 2.40 bits per heavy atom. The maximum absolute atomic E-state index is 13.2. The number of hydrogen-bond donors (Lipinski definition) is 0. The van der Waals surface area contributed by atoms with Gasteiger partial charge in [-0.15, -0.1) is 0 Å². The van der Waals surface area contributed by atoms with Gasteiger partial charge in [0.2, 0.25) is 0 Å². The predicted molar refractivity (Wildman–Crippen MR) is 105 cm³/mol. The lowest BCUT2D eigenvalue weighted by Gasteiger charge is -2.22. The molecule has 0 saturated carbocycles. The molecule has 8 heteroatoms. The van der Waals surface area contributed by atoms with Crippen molar-refractivity contribution in [3.63, 3.8) is 0 Å². The van der Waals surface area contributed by atoms with Crippen LogP contribution in [0.2, 0.25) is 0 Å². The number of nitrogens with zero attached hydrogens (tertiary/aromatic N) is 2. The van der Waals surface area contributed by atoms with E-state index < -0.39 is 23.6 Å². The first-order valence-electron chi connectivity index (χ1n) is 9.24. The zero-order valence-electron chi connectivity index (χ0n) is 16.1. The minimum atomic E-state index is -4.45. The van der Waals surface area contributed by atoms with Gasteiger partial charge >= 0.3 is 12.1 Å². The molecule has 1 heterocycles. The Morgan fingerprint density at radius 2 is 1.73 bits per heavy atom. The highest BCUT2D eigenvalue weighted by Crippen LogP contribution is 2.29. The lowest BCUT2D eigenvalue weighted by Crippen LogP contribution is -2.36. The molecule has 0 fully saturated rings. The predicted octanol–water partition coefficient (Wildman–Crippen LogP) is 4.46. The van der Waals surface area contributed by atoms with E-state index in [1.807, 2.05) is 12.1 Å². The number of carbonyl (C=O) groups excluding carboxylic acids is 2. The van der Waals surface area contributed by atoms with Crippen molar-refractivity contribution >= 4 is 22.6 Å². The van der Waals surface area contributed by atoms with E-state index in [4.69, 9.17) is 4.74 Å². The highest BCUT2D eigenvalue weighted by atomic mass is 19.4. The first kappa shape index (κ1) is 21.3. The van der Waals surface area contributed by atoms with Crippen molar-refractivity contribution in [2.45, 2.75) is 19.6 Å². The molecule has 3 aromatic rings. The Hall–Kier alpha value is -3.42. The third-order valence-electron chi connectivity index (χ3n) is 4.44. The van der Waals surface area contributed by atoms with Crippen molar-refractivity contribution in [3.05, 3.63) is 77.6 Å². The fraction of sp³-hybridized carbons (Fsp3) is 0.227. The highest BCUT2D eigenvalue weighted by Gasteiger charge is 2.30. The molecule has 0 saturated heterocycles. The van der Waals surface area contributed by atoms with Gasteiger partial charge in [0.25, 0.3) is 5.91 Å². The van der Waals surface area contributed by atoms with Crippen LogP contribution in [0.4, 0.5) is 13.2 Å². The van der Waals surface area contributed by atoms with E-state index >= 15 is 0 Å². The molecule has 30 heavy (non-hydrogen) atoms. The normalized spacial score (nSPS) is 11.3. The molecular weight excluding hydrogens is 397 g/mol. The van der Waals surface area contributed by atoms with Crippen LogP contribution in [0.5, 0.6) is 0 Å². The van der Waals surface area contributed by atoms with Gasteiger partial charge in [-0.2, -0.15) is 13.2 Å². The molecule has 0 atom stereocenters. The van der Waals surface area contributed by atoms with Crippen LogP contribution >= 0.6 is 0 Å². The van der Waals surface area contributed by atoms with E-state index in [1.165, 1.54) is 23.2 Å². The fourth-order valence-electron chi connectivity index (χ4n) is 3.02. The number of rotatable bonds is 6. The average molecular weight is 416 g/mol. The van der Waals surface area contributed by atoms with Gasteiger partial charge in [-0.3, -0.25) is 14.6 Å². The number of aromatic nitrogens is 1. The Balaban J connectivity index is 1.92. The van der Waals surface area contributed by atoms with Crippen molar-refractivity contribution in [2.75, 3.05) is 13.2 Å². The van der Waals surface area contributed by atoms with Gasteiger partial charge in [0.05, 0.1) is 12.2 Å². The van der Waals surface area contributed by atoms with Crippen LogP contribution in [0.3, 0.4) is 0 Å². The monoisotopic (exact) mass is 416 g/mol. The number of alkyl halides is 3. The Labute approximate surface area is 171 Å². The summed E-state index contributed by atoms with van der Waals surface area (Å²) in [7, 11) is 0. The van der Waals surface area contributed by atoms with E-state index in [2.05, 4.69) is 4.98 Å². The number of halogens is 3. The van der Waals surface area contributed by atoms with Crippen molar-refractivity contribution < 1.29 is 27.5 Å². The zero-order valence-corrected chi connectivity index (χ0v) is 16.1. The van der Waals surface area contributed by atoms with Gasteiger partial charge in [0, 0.05) is 18.1 Å². The summed E-state index contributed by atoms with van der Waals surface area (Å²) in [6.07, 6.45) is -2.96. The van der Waals surface area contributed by atoms with Gasteiger partial charge in [0.1, 0.15) is 12.2 Å². The summed E-state index contributed by atoms with van der Waals surface area (Å²) in [5, 5.41) is 1.42. The molecule has 1 aromatic heterocycles. The summed E-state index contributed by atoms with van der Waals surface area (Å²) in [5.74, 6) is -1.13. The molecule has 0 aliphatic rings. The van der Waals surface area contributed by atoms with Crippen LogP contribution in [0, 0.1) is 0 Å². The van der Waals surface area contributed by atoms with Gasteiger partial charge in [-0.25, -0.2) is 0 Å². The first-order valence-corrected chi connectivity index (χ1v) is 9.24. The number of esters is 1. The second-order valence-corrected chi connectivity index (χ2v) is 6.54. The fourth-order valence-corrected chi connectivity index (χ4v) is 3.02. The molecule has 0 aliphatic heterocycles. The Bertz CT molecular complexity index is 1040.